The Morgan fingerprint density at radius 3 is 2.61 bits per heavy atom. The van der Waals surface area contributed by atoms with Gasteiger partial charge in [0.15, 0.2) is 0 Å². The summed E-state index contributed by atoms with van der Waals surface area (Å²) in [5, 5.41) is 7.23. The number of fused-ring (bicyclic) bond motifs is 1. The number of alkyl halides is 2. The molecule has 2 N–H and O–H groups in total. The third-order valence-corrected chi connectivity index (χ3v) is 7.01. The molecule has 5 rings (SSSR count). The Morgan fingerprint density at radius 1 is 1.24 bits per heavy atom. The summed E-state index contributed by atoms with van der Waals surface area (Å²) in [7, 11) is 0. The first-order valence-electron chi connectivity index (χ1n) is 11.0. The predicted octanol–water partition coefficient (Wildman–Crippen LogP) is 4.06. The molecule has 1 saturated carbocycles. The van der Waals surface area contributed by atoms with Gasteiger partial charge in [0.2, 0.25) is 0 Å². The van der Waals surface area contributed by atoms with Crippen LogP contribution in [0.3, 0.4) is 0 Å². The minimum absolute atomic E-state index is 0.0449. The molecule has 1 aliphatic carbocycles. The van der Waals surface area contributed by atoms with Crippen LogP contribution in [0.5, 0.6) is 0 Å². The molecule has 0 amide bonds. The Kier molecular flexibility index (Phi) is 5.17. The highest BCUT2D eigenvalue weighted by molar-refractivity contribution is 5.88. The maximum atomic E-state index is 13.4. The van der Waals surface area contributed by atoms with Gasteiger partial charge in [0.1, 0.15) is 17.7 Å². The summed E-state index contributed by atoms with van der Waals surface area (Å²) in [6.07, 6.45) is 6.96. The molecule has 3 aromatic rings. The van der Waals surface area contributed by atoms with E-state index in [4.69, 9.17) is 6.42 Å². The topological polar surface area (TPSA) is 71.8 Å². The molecule has 0 radical (unpaired) electrons. The standard InChI is InChI=1S/C25H25F2N5O/c1-4-20(17-6-5-7-18(14(17)2)23(26)27)31-24-19-11-32(16-9-25(10-16)12-28-13-25)22(33)8-21(19)29-15(3)30-24/h1,5-8,11,16,20,23,28H,9-10,12-13H2,2-3H3,(H,29,30,31). The van der Waals surface area contributed by atoms with E-state index in [2.05, 4.69) is 26.5 Å². The van der Waals surface area contributed by atoms with Crippen molar-refractivity contribution in [2.24, 2.45) is 5.41 Å². The van der Waals surface area contributed by atoms with E-state index in [1.54, 1.807) is 36.7 Å². The number of hydrogen-bond acceptors (Lipinski definition) is 5. The normalized spacial score (nSPS) is 18.1. The zero-order valence-electron chi connectivity index (χ0n) is 18.5. The van der Waals surface area contributed by atoms with Gasteiger partial charge in [-0.3, -0.25) is 4.79 Å². The zero-order chi connectivity index (χ0) is 23.3. The lowest BCUT2D eigenvalue weighted by molar-refractivity contribution is 0.00626. The van der Waals surface area contributed by atoms with Gasteiger partial charge in [0, 0.05) is 37.0 Å². The van der Waals surface area contributed by atoms with Gasteiger partial charge in [-0.15, -0.1) is 6.42 Å². The highest BCUT2D eigenvalue weighted by Crippen LogP contribution is 2.50. The van der Waals surface area contributed by atoms with Crippen molar-refractivity contribution in [2.75, 3.05) is 18.4 Å². The fourth-order valence-corrected chi connectivity index (χ4v) is 5.10. The summed E-state index contributed by atoms with van der Waals surface area (Å²) in [5.74, 6) is 3.63. The molecule has 1 aliphatic heterocycles. The van der Waals surface area contributed by atoms with Crippen molar-refractivity contribution in [3.8, 4) is 12.3 Å². The molecule has 2 fully saturated rings. The molecule has 1 aromatic carbocycles. The lowest BCUT2D eigenvalue weighted by Gasteiger charge is -2.54. The largest absolute Gasteiger partial charge is 0.352 e. The third kappa shape index (κ3) is 3.66. The summed E-state index contributed by atoms with van der Waals surface area (Å²) in [6, 6.07) is 5.74. The molecule has 2 aromatic heterocycles. The molecule has 1 spiro atoms. The van der Waals surface area contributed by atoms with E-state index in [1.807, 2.05) is 0 Å². The first-order valence-corrected chi connectivity index (χ1v) is 11.0. The summed E-state index contributed by atoms with van der Waals surface area (Å²) in [5.41, 5.74) is 1.75. The minimum atomic E-state index is -2.59. The summed E-state index contributed by atoms with van der Waals surface area (Å²) in [4.78, 5) is 21.8. The molecule has 3 heterocycles. The van der Waals surface area contributed by atoms with E-state index in [0.29, 0.717) is 39.1 Å². The number of pyridine rings is 1. The average Bonchev–Trinajstić information content (AvgIpc) is 2.70. The van der Waals surface area contributed by atoms with E-state index in [-0.39, 0.29) is 17.2 Å². The average molecular weight is 450 g/mol. The van der Waals surface area contributed by atoms with Crippen molar-refractivity contribution < 1.29 is 8.78 Å². The van der Waals surface area contributed by atoms with Crippen molar-refractivity contribution in [3.63, 3.8) is 0 Å². The van der Waals surface area contributed by atoms with Gasteiger partial charge in [-0.2, -0.15) is 0 Å². The van der Waals surface area contributed by atoms with Crippen LogP contribution in [-0.2, 0) is 0 Å². The summed E-state index contributed by atoms with van der Waals surface area (Å²) >= 11 is 0. The van der Waals surface area contributed by atoms with Gasteiger partial charge in [-0.05, 0) is 43.2 Å². The van der Waals surface area contributed by atoms with Crippen LogP contribution in [0.2, 0.25) is 0 Å². The Labute approximate surface area is 190 Å². The monoisotopic (exact) mass is 449 g/mol. The van der Waals surface area contributed by atoms with Crippen LogP contribution in [0, 0.1) is 31.6 Å². The molecule has 33 heavy (non-hydrogen) atoms. The number of anilines is 1. The highest BCUT2D eigenvalue weighted by atomic mass is 19.3. The molecule has 1 atom stereocenters. The first kappa shape index (κ1) is 21.5. The van der Waals surface area contributed by atoms with Gasteiger partial charge in [-0.1, -0.05) is 24.1 Å². The molecule has 8 heteroatoms. The van der Waals surface area contributed by atoms with E-state index in [0.717, 1.165) is 25.9 Å². The number of rotatable bonds is 5. The Balaban J connectivity index is 1.53. The maximum Gasteiger partial charge on any atom is 0.264 e. The lowest BCUT2D eigenvalue weighted by Crippen LogP contribution is -2.61. The molecule has 0 bridgehead atoms. The second-order valence-corrected chi connectivity index (χ2v) is 9.21. The number of halogens is 2. The predicted molar refractivity (Wildman–Crippen MR) is 123 cm³/mol. The maximum absolute atomic E-state index is 13.4. The quantitative estimate of drug-likeness (QED) is 0.575. The number of hydrogen-bond donors (Lipinski definition) is 2. The molecule has 170 valence electrons. The summed E-state index contributed by atoms with van der Waals surface area (Å²) in [6.45, 7) is 5.39. The van der Waals surface area contributed by atoms with E-state index in [1.165, 1.54) is 12.1 Å². The SMILES string of the molecule is C#CC(Nc1nc(C)nc2cc(=O)n(C3CC4(CNC4)C3)cc12)c1cccc(C(F)F)c1C. The number of nitrogens with one attached hydrogen (secondary N) is 2. The fraction of sp³-hybridized carbons (Fsp3) is 0.400. The second kappa shape index (κ2) is 7.92. The van der Waals surface area contributed by atoms with Gasteiger partial charge in [0.05, 0.1) is 10.9 Å². The smallest absolute Gasteiger partial charge is 0.264 e. The number of aryl methyl sites for hydroxylation is 1. The molecular weight excluding hydrogens is 424 g/mol. The van der Waals surface area contributed by atoms with Crippen LogP contribution >= 0.6 is 0 Å². The van der Waals surface area contributed by atoms with Crippen LogP contribution in [-0.4, -0.2) is 27.6 Å². The van der Waals surface area contributed by atoms with E-state index >= 15 is 0 Å². The molecular formula is C25H25F2N5O. The molecule has 2 aliphatic rings. The van der Waals surface area contributed by atoms with Gasteiger partial charge < -0.3 is 15.2 Å². The minimum Gasteiger partial charge on any atom is -0.352 e. The molecule has 6 nitrogen and oxygen atoms in total. The lowest BCUT2D eigenvalue weighted by atomic mass is 9.61. The number of terminal acetylenes is 1. The van der Waals surface area contributed by atoms with E-state index in [9.17, 15) is 13.6 Å². The molecule has 1 unspecified atom stereocenters. The van der Waals surface area contributed by atoms with E-state index < -0.39 is 12.5 Å². The summed E-state index contributed by atoms with van der Waals surface area (Å²) < 4.78 is 28.6. The number of benzene rings is 1. The third-order valence-electron chi connectivity index (χ3n) is 7.01. The number of nitrogens with zero attached hydrogens (tertiary/aromatic N) is 3. The van der Waals surface area contributed by atoms with Gasteiger partial charge in [-0.25, -0.2) is 18.7 Å². The van der Waals surface area contributed by atoms with Crippen molar-refractivity contribution in [3.05, 3.63) is 63.3 Å². The van der Waals surface area contributed by atoms with Crippen LogP contribution in [0.25, 0.3) is 10.9 Å². The van der Waals surface area contributed by atoms with Crippen LogP contribution in [0.1, 0.15) is 53.9 Å². The van der Waals surface area contributed by atoms with Crippen LogP contribution in [0.15, 0.2) is 35.3 Å². The second-order valence-electron chi connectivity index (χ2n) is 9.21. The zero-order valence-corrected chi connectivity index (χ0v) is 18.5. The van der Waals surface area contributed by atoms with Gasteiger partial charge in [0.25, 0.3) is 12.0 Å². The van der Waals surface area contributed by atoms with Crippen LogP contribution in [0.4, 0.5) is 14.6 Å². The van der Waals surface area contributed by atoms with Gasteiger partial charge >= 0.3 is 0 Å². The Hall–Kier alpha value is -3.31. The first-order chi connectivity index (χ1) is 15.8. The fourth-order valence-electron chi connectivity index (χ4n) is 5.10. The Bertz CT molecular complexity index is 1330. The Morgan fingerprint density at radius 2 is 1.97 bits per heavy atom. The van der Waals surface area contributed by atoms with Crippen LogP contribution < -0.4 is 16.2 Å². The van der Waals surface area contributed by atoms with Crippen molar-refractivity contribution in [2.45, 2.75) is 45.2 Å². The number of aromatic nitrogens is 3. The van der Waals surface area contributed by atoms with Crippen molar-refractivity contribution in [1.29, 1.82) is 0 Å². The molecule has 1 saturated heterocycles. The van der Waals surface area contributed by atoms with Crippen molar-refractivity contribution in [1.82, 2.24) is 19.9 Å². The highest BCUT2D eigenvalue weighted by Gasteiger charge is 2.49. The van der Waals surface area contributed by atoms with Crippen molar-refractivity contribution >= 4 is 16.7 Å².